The summed E-state index contributed by atoms with van der Waals surface area (Å²) in [5, 5.41) is 0. The molecule has 0 amide bonds. The van der Waals surface area contributed by atoms with Gasteiger partial charge in [0.25, 0.3) is 0 Å². The summed E-state index contributed by atoms with van der Waals surface area (Å²) in [6, 6.07) is 5.67. The van der Waals surface area contributed by atoms with Crippen LogP contribution >= 0.6 is 0 Å². The highest BCUT2D eigenvalue weighted by Gasteiger charge is 2.31. The second-order valence-electron chi connectivity index (χ2n) is 3.97. The topological polar surface area (TPSA) is 52.6 Å². The van der Waals surface area contributed by atoms with Crippen LogP contribution in [0, 0.1) is 0 Å². The highest BCUT2D eigenvalue weighted by Crippen LogP contribution is 2.22. The van der Waals surface area contributed by atoms with Crippen molar-refractivity contribution >= 4 is 11.9 Å². The molecule has 0 bridgehead atoms. The Morgan fingerprint density at radius 3 is 2.94 bits per heavy atom. The monoisotopic (exact) mass is 234 g/mol. The van der Waals surface area contributed by atoms with Crippen LogP contribution in [0.1, 0.15) is 28.4 Å². The lowest BCUT2D eigenvalue weighted by atomic mass is 9.96. The summed E-state index contributed by atoms with van der Waals surface area (Å²) < 4.78 is 9.63. The van der Waals surface area contributed by atoms with Crippen LogP contribution in [0.5, 0.6) is 0 Å². The van der Waals surface area contributed by atoms with Crippen LogP contribution in [0.15, 0.2) is 18.2 Å². The molecule has 0 aliphatic carbocycles. The molecule has 17 heavy (non-hydrogen) atoms. The third-order valence-corrected chi connectivity index (χ3v) is 2.92. The van der Waals surface area contributed by atoms with Crippen LogP contribution in [0.4, 0.5) is 0 Å². The molecule has 1 aromatic rings. The van der Waals surface area contributed by atoms with E-state index < -0.39 is 18.0 Å². The molecular weight excluding hydrogens is 220 g/mol. The molecule has 1 aliphatic rings. The Labute approximate surface area is 99.5 Å². The van der Waals surface area contributed by atoms with Gasteiger partial charge in [-0.25, -0.2) is 9.59 Å². The van der Waals surface area contributed by atoms with Gasteiger partial charge in [-0.2, -0.15) is 0 Å². The quantitative estimate of drug-likeness (QED) is 0.728. The van der Waals surface area contributed by atoms with Crippen molar-refractivity contribution in [1.29, 1.82) is 0 Å². The van der Waals surface area contributed by atoms with Gasteiger partial charge in [-0.15, -0.1) is 0 Å². The van der Waals surface area contributed by atoms with Crippen LogP contribution < -0.4 is 0 Å². The molecule has 1 heterocycles. The molecule has 90 valence electrons. The van der Waals surface area contributed by atoms with Crippen molar-refractivity contribution in [2.45, 2.75) is 25.9 Å². The third kappa shape index (κ3) is 2.16. The predicted molar refractivity (Wildman–Crippen MR) is 60.7 cm³/mol. The molecule has 0 spiro atoms. The second-order valence-corrected chi connectivity index (χ2v) is 3.97. The Bertz CT molecular complexity index is 464. The first kappa shape index (κ1) is 11.6. The van der Waals surface area contributed by atoms with Crippen molar-refractivity contribution in [2.75, 3.05) is 7.11 Å². The minimum Gasteiger partial charge on any atom is -0.466 e. The number of ether oxygens (including phenoxy) is 2. The Morgan fingerprint density at radius 2 is 2.29 bits per heavy atom. The molecule has 4 nitrogen and oxygen atoms in total. The Hall–Kier alpha value is -1.84. The number of hydrogen-bond acceptors (Lipinski definition) is 4. The van der Waals surface area contributed by atoms with Gasteiger partial charge in [-0.3, -0.25) is 0 Å². The molecule has 1 aliphatic heterocycles. The normalized spacial score (nSPS) is 18.2. The number of cyclic esters (lactones) is 1. The van der Waals surface area contributed by atoms with Crippen molar-refractivity contribution in [3.8, 4) is 0 Å². The number of hydrogen-bond donors (Lipinski definition) is 0. The number of esters is 2. The summed E-state index contributed by atoms with van der Waals surface area (Å²) in [5.74, 6) is -0.958. The molecule has 1 atom stereocenters. The maximum absolute atomic E-state index is 11.8. The summed E-state index contributed by atoms with van der Waals surface area (Å²) >= 11 is 0. The van der Waals surface area contributed by atoms with E-state index in [1.807, 2.05) is 25.1 Å². The highest BCUT2D eigenvalue weighted by molar-refractivity contribution is 5.95. The highest BCUT2D eigenvalue weighted by atomic mass is 16.6. The molecule has 1 aromatic carbocycles. The van der Waals surface area contributed by atoms with Gasteiger partial charge in [0.2, 0.25) is 6.10 Å². The summed E-state index contributed by atoms with van der Waals surface area (Å²) in [4.78, 5) is 23.1. The minimum atomic E-state index is -0.813. The zero-order valence-corrected chi connectivity index (χ0v) is 9.86. The maximum atomic E-state index is 11.8. The number of carbonyl (C=O) groups is 2. The molecule has 2 rings (SSSR count). The number of rotatable bonds is 2. The molecule has 0 fully saturated rings. The largest absolute Gasteiger partial charge is 0.466 e. The van der Waals surface area contributed by atoms with Gasteiger partial charge in [0.1, 0.15) is 0 Å². The lowest BCUT2D eigenvalue weighted by molar-refractivity contribution is -0.151. The molecule has 0 radical (unpaired) electrons. The Kier molecular flexibility index (Phi) is 3.13. The number of aryl methyl sites for hydroxylation is 1. The SMILES string of the molecule is CCc1ccc2c(c1)C(=O)OC(C(=O)OC)C2. The zero-order chi connectivity index (χ0) is 12.4. The van der Waals surface area contributed by atoms with E-state index in [4.69, 9.17) is 4.74 Å². The van der Waals surface area contributed by atoms with E-state index in [-0.39, 0.29) is 0 Å². The Balaban J connectivity index is 2.32. The molecular formula is C13H14O4. The fraction of sp³-hybridized carbons (Fsp3) is 0.385. The predicted octanol–water partition coefficient (Wildman–Crippen LogP) is 1.50. The number of fused-ring (bicyclic) bond motifs is 1. The lowest BCUT2D eigenvalue weighted by Crippen LogP contribution is -2.35. The van der Waals surface area contributed by atoms with Crippen molar-refractivity contribution in [3.63, 3.8) is 0 Å². The maximum Gasteiger partial charge on any atom is 0.347 e. The smallest absolute Gasteiger partial charge is 0.347 e. The fourth-order valence-electron chi connectivity index (χ4n) is 1.91. The molecule has 0 aromatic heterocycles. The van der Waals surface area contributed by atoms with Crippen LogP contribution in [-0.4, -0.2) is 25.2 Å². The molecule has 0 saturated heterocycles. The van der Waals surface area contributed by atoms with E-state index in [9.17, 15) is 9.59 Å². The van der Waals surface area contributed by atoms with Crippen molar-refractivity contribution in [1.82, 2.24) is 0 Å². The van der Waals surface area contributed by atoms with Crippen molar-refractivity contribution in [2.24, 2.45) is 0 Å². The van der Waals surface area contributed by atoms with Crippen LogP contribution in [0.3, 0.4) is 0 Å². The first-order valence-electron chi connectivity index (χ1n) is 5.56. The van der Waals surface area contributed by atoms with Gasteiger partial charge in [-0.1, -0.05) is 19.1 Å². The van der Waals surface area contributed by atoms with E-state index in [1.54, 1.807) is 0 Å². The van der Waals surface area contributed by atoms with E-state index in [0.717, 1.165) is 17.5 Å². The van der Waals surface area contributed by atoms with Gasteiger partial charge in [0.05, 0.1) is 12.7 Å². The summed E-state index contributed by atoms with van der Waals surface area (Å²) in [5.41, 5.74) is 2.48. The van der Waals surface area contributed by atoms with Gasteiger partial charge in [-0.05, 0) is 23.6 Å². The third-order valence-electron chi connectivity index (χ3n) is 2.92. The minimum absolute atomic E-state index is 0.387. The summed E-state index contributed by atoms with van der Waals surface area (Å²) in [6.45, 7) is 2.02. The van der Waals surface area contributed by atoms with E-state index in [2.05, 4.69) is 4.74 Å². The van der Waals surface area contributed by atoms with E-state index in [1.165, 1.54) is 7.11 Å². The van der Waals surface area contributed by atoms with Gasteiger partial charge in [0.15, 0.2) is 0 Å². The molecule has 0 saturated carbocycles. The van der Waals surface area contributed by atoms with Crippen molar-refractivity contribution in [3.05, 3.63) is 34.9 Å². The van der Waals surface area contributed by atoms with Gasteiger partial charge < -0.3 is 9.47 Å². The average Bonchev–Trinajstić information content (AvgIpc) is 2.37. The lowest BCUT2D eigenvalue weighted by Gasteiger charge is -2.23. The standard InChI is InChI=1S/C13H14O4/c1-3-8-4-5-9-7-11(13(15)16-2)17-12(14)10(9)6-8/h4-6,11H,3,7H2,1-2H3. The second kappa shape index (κ2) is 4.57. The van der Waals surface area contributed by atoms with Crippen LogP contribution in [-0.2, 0) is 27.1 Å². The molecule has 1 unspecified atom stereocenters. The molecule has 4 heteroatoms. The fourth-order valence-corrected chi connectivity index (χ4v) is 1.91. The first-order valence-corrected chi connectivity index (χ1v) is 5.56. The molecule has 0 N–H and O–H groups in total. The zero-order valence-electron chi connectivity index (χ0n) is 9.86. The van der Waals surface area contributed by atoms with Gasteiger partial charge in [0, 0.05) is 6.42 Å². The number of benzene rings is 1. The summed E-state index contributed by atoms with van der Waals surface area (Å²) in [6.07, 6.45) is 0.436. The van der Waals surface area contributed by atoms with Crippen molar-refractivity contribution < 1.29 is 19.1 Å². The van der Waals surface area contributed by atoms with E-state index in [0.29, 0.717) is 12.0 Å². The first-order chi connectivity index (χ1) is 8.15. The Morgan fingerprint density at radius 1 is 1.53 bits per heavy atom. The average molecular weight is 234 g/mol. The van der Waals surface area contributed by atoms with Crippen LogP contribution in [0.25, 0.3) is 0 Å². The number of methoxy groups -OCH3 is 1. The number of carbonyl (C=O) groups excluding carboxylic acids is 2. The van der Waals surface area contributed by atoms with Crippen LogP contribution in [0.2, 0.25) is 0 Å². The summed E-state index contributed by atoms with van der Waals surface area (Å²) in [7, 11) is 1.28. The van der Waals surface area contributed by atoms with E-state index >= 15 is 0 Å². The van der Waals surface area contributed by atoms with Gasteiger partial charge >= 0.3 is 11.9 Å².